The smallest absolute Gasteiger partial charge is 0.230 e. The minimum absolute atomic E-state index is 0.102. The Hall–Kier alpha value is -3.23. The molecule has 7 nitrogen and oxygen atoms in total. The summed E-state index contributed by atoms with van der Waals surface area (Å²) in [7, 11) is 0. The number of ether oxygens (including phenoxy) is 1. The van der Waals surface area contributed by atoms with Crippen molar-refractivity contribution < 1.29 is 9.53 Å². The van der Waals surface area contributed by atoms with Gasteiger partial charge in [0.1, 0.15) is 5.82 Å². The maximum atomic E-state index is 12.5. The molecule has 1 aliphatic rings. The van der Waals surface area contributed by atoms with Crippen LogP contribution >= 0.6 is 11.3 Å². The molecule has 3 heterocycles. The van der Waals surface area contributed by atoms with E-state index in [1.165, 1.54) is 11.3 Å². The van der Waals surface area contributed by atoms with Gasteiger partial charge in [-0.25, -0.2) is 9.97 Å². The number of carbonyl (C=O) groups excluding carboxylic acids is 1. The molecule has 5 rings (SSSR count). The molecule has 0 saturated carbocycles. The van der Waals surface area contributed by atoms with E-state index in [4.69, 9.17) is 9.72 Å². The zero-order valence-electron chi connectivity index (χ0n) is 18.0. The Balaban J connectivity index is 1.41. The summed E-state index contributed by atoms with van der Waals surface area (Å²) in [4.78, 5) is 27.2. The van der Waals surface area contributed by atoms with Crippen LogP contribution in [-0.4, -0.2) is 46.2 Å². The van der Waals surface area contributed by atoms with Crippen molar-refractivity contribution in [1.82, 2.24) is 15.0 Å². The van der Waals surface area contributed by atoms with E-state index in [1.807, 2.05) is 23.6 Å². The van der Waals surface area contributed by atoms with Crippen molar-refractivity contribution in [1.29, 1.82) is 0 Å². The number of hydrogen-bond donors (Lipinski definition) is 2. The number of hydrogen-bond acceptors (Lipinski definition) is 6. The second kappa shape index (κ2) is 8.72. The average molecular weight is 448 g/mol. The number of fused-ring (bicyclic) bond motifs is 1. The van der Waals surface area contributed by atoms with E-state index in [2.05, 4.69) is 58.3 Å². The summed E-state index contributed by atoms with van der Waals surface area (Å²) in [5, 5.41) is 5.28. The molecule has 32 heavy (non-hydrogen) atoms. The van der Waals surface area contributed by atoms with Gasteiger partial charge in [0.15, 0.2) is 5.13 Å². The molecule has 2 unspecified atom stereocenters. The monoisotopic (exact) mass is 447 g/mol. The molecule has 8 heteroatoms. The first-order chi connectivity index (χ1) is 15.5. The van der Waals surface area contributed by atoms with E-state index in [9.17, 15) is 4.79 Å². The molecule has 4 aromatic rings. The first-order valence-electron chi connectivity index (χ1n) is 10.7. The minimum Gasteiger partial charge on any atom is -0.372 e. The van der Waals surface area contributed by atoms with Crippen LogP contribution in [0.2, 0.25) is 0 Å². The molecular formula is C24H25N5O2S. The molecule has 1 amide bonds. The predicted molar refractivity (Wildman–Crippen MR) is 128 cm³/mol. The largest absolute Gasteiger partial charge is 0.372 e. The quantitative estimate of drug-likeness (QED) is 0.471. The molecule has 1 aliphatic heterocycles. The number of aromatic nitrogens is 3. The second-order valence-electron chi connectivity index (χ2n) is 8.17. The van der Waals surface area contributed by atoms with Crippen molar-refractivity contribution in [3.8, 4) is 11.4 Å². The highest BCUT2D eigenvalue weighted by molar-refractivity contribution is 7.13. The second-order valence-corrected chi connectivity index (χ2v) is 9.07. The third-order valence-electron chi connectivity index (χ3n) is 5.53. The Morgan fingerprint density at radius 2 is 2.03 bits per heavy atom. The zero-order chi connectivity index (χ0) is 22.1. The number of para-hydroxylation sites is 1. The Morgan fingerprint density at radius 3 is 2.81 bits per heavy atom. The number of nitrogens with zero attached hydrogens (tertiary/aromatic N) is 3. The number of amides is 1. The van der Waals surface area contributed by atoms with Crippen molar-refractivity contribution in [2.45, 2.75) is 32.5 Å². The molecule has 2 atom stereocenters. The third kappa shape index (κ3) is 4.37. The molecule has 0 spiro atoms. The topological polar surface area (TPSA) is 83.1 Å². The standard InChI is InChI=1S/C24H25N5O2S/c1-15-13-29(14-16(2)31-15)19-7-3-6-18(11-19)23-26-20-8-4-5-17(22(20)28-23)12-21(30)27-24-25-9-10-32-24/h3-11,15-16H,12-14H2,1-2H3,(H,26,28)(H,25,27,30). The molecule has 2 aromatic carbocycles. The van der Waals surface area contributed by atoms with Gasteiger partial charge in [0.2, 0.25) is 5.91 Å². The van der Waals surface area contributed by atoms with Gasteiger partial charge in [0, 0.05) is 35.9 Å². The van der Waals surface area contributed by atoms with Crippen LogP contribution in [0.1, 0.15) is 19.4 Å². The van der Waals surface area contributed by atoms with Crippen LogP contribution in [0.5, 0.6) is 0 Å². The number of anilines is 2. The summed E-state index contributed by atoms with van der Waals surface area (Å²) >= 11 is 1.40. The molecular weight excluding hydrogens is 422 g/mol. The highest BCUT2D eigenvalue weighted by Gasteiger charge is 2.23. The van der Waals surface area contributed by atoms with E-state index in [-0.39, 0.29) is 24.5 Å². The average Bonchev–Trinajstić information content (AvgIpc) is 3.43. The van der Waals surface area contributed by atoms with Crippen LogP contribution in [0.15, 0.2) is 54.0 Å². The molecule has 164 valence electrons. The van der Waals surface area contributed by atoms with Crippen LogP contribution in [0.4, 0.5) is 10.8 Å². The third-order valence-corrected chi connectivity index (χ3v) is 6.22. The number of thiazole rings is 1. The van der Waals surface area contributed by atoms with Gasteiger partial charge in [-0.15, -0.1) is 11.3 Å². The predicted octanol–water partition coefficient (Wildman–Crippen LogP) is 4.48. The van der Waals surface area contributed by atoms with Crippen molar-refractivity contribution in [3.63, 3.8) is 0 Å². The lowest BCUT2D eigenvalue weighted by atomic mass is 10.1. The number of aromatic amines is 1. The van der Waals surface area contributed by atoms with Crippen molar-refractivity contribution in [2.75, 3.05) is 23.3 Å². The van der Waals surface area contributed by atoms with Crippen LogP contribution in [0.3, 0.4) is 0 Å². The van der Waals surface area contributed by atoms with Gasteiger partial charge in [-0.1, -0.05) is 24.3 Å². The summed E-state index contributed by atoms with van der Waals surface area (Å²) < 4.78 is 5.87. The molecule has 1 fully saturated rings. The fourth-order valence-corrected chi connectivity index (χ4v) is 4.78. The SMILES string of the molecule is CC1CN(c2cccc(-c3nc4c(CC(=O)Nc5nccs5)cccc4[nH]3)c2)CC(C)O1. The zero-order valence-corrected chi connectivity index (χ0v) is 18.9. The Bertz CT molecular complexity index is 1230. The van der Waals surface area contributed by atoms with Gasteiger partial charge in [0.05, 0.1) is 29.7 Å². The first-order valence-corrected chi connectivity index (χ1v) is 11.6. The highest BCUT2D eigenvalue weighted by atomic mass is 32.1. The van der Waals surface area contributed by atoms with Crippen LogP contribution in [0, 0.1) is 0 Å². The maximum absolute atomic E-state index is 12.5. The summed E-state index contributed by atoms with van der Waals surface area (Å²) in [5.74, 6) is 0.693. The van der Waals surface area contributed by atoms with Crippen molar-refractivity contribution in [2.24, 2.45) is 0 Å². The van der Waals surface area contributed by atoms with Gasteiger partial charge >= 0.3 is 0 Å². The number of H-pyrrole nitrogens is 1. The number of imidazole rings is 1. The summed E-state index contributed by atoms with van der Waals surface area (Å²) in [6.45, 7) is 5.95. The van der Waals surface area contributed by atoms with E-state index in [1.54, 1.807) is 6.20 Å². The number of carbonyl (C=O) groups is 1. The van der Waals surface area contributed by atoms with E-state index in [0.717, 1.165) is 46.8 Å². The lowest BCUT2D eigenvalue weighted by Gasteiger charge is -2.37. The van der Waals surface area contributed by atoms with Crippen molar-refractivity contribution in [3.05, 3.63) is 59.6 Å². The van der Waals surface area contributed by atoms with Crippen LogP contribution < -0.4 is 10.2 Å². The summed E-state index contributed by atoms with van der Waals surface area (Å²) in [6.07, 6.45) is 2.32. The molecule has 2 aromatic heterocycles. The van der Waals surface area contributed by atoms with Gasteiger partial charge in [-0.2, -0.15) is 0 Å². The van der Waals surface area contributed by atoms with Gasteiger partial charge in [-0.3, -0.25) is 4.79 Å². The number of benzene rings is 2. The fourth-order valence-electron chi connectivity index (χ4n) is 4.23. The van der Waals surface area contributed by atoms with Crippen LogP contribution in [-0.2, 0) is 16.0 Å². The summed E-state index contributed by atoms with van der Waals surface area (Å²) in [5.41, 5.74) is 4.79. The summed E-state index contributed by atoms with van der Waals surface area (Å²) in [6, 6.07) is 14.3. The fraction of sp³-hybridized carbons (Fsp3) is 0.292. The number of nitrogens with one attached hydrogen (secondary N) is 2. The highest BCUT2D eigenvalue weighted by Crippen LogP contribution is 2.28. The Kier molecular flexibility index (Phi) is 5.63. The molecule has 1 saturated heterocycles. The molecule has 0 aliphatic carbocycles. The molecule has 0 bridgehead atoms. The van der Waals surface area contributed by atoms with Gasteiger partial charge in [0.25, 0.3) is 0 Å². The van der Waals surface area contributed by atoms with Gasteiger partial charge < -0.3 is 19.9 Å². The lowest BCUT2D eigenvalue weighted by molar-refractivity contribution is -0.115. The lowest BCUT2D eigenvalue weighted by Crippen LogP contribution is -2.45. The maximum Gasteiger partial charge on any atom is 0.230 e. The van der Waals surface area contributed by atoms with E-state index < -0.39 is 0 Å². The van der Waals surface area contributed by atoms with Crippen LogP contribution in [0.25, 0.3) is 22.4 Å². The minimum atomic E-state index is -0.102. The van der Waals surface area contributed by atoms with E-state index >= 15 is 0 Å². The molecule has 0 radical (unpaired) electrons. The number of morpholine rings is 1. The number of rotatable bonds is 5. The van der Waals surface area contributed by atoms with E-state index in [0.29, 0.717) is 5.13 Å². The molecule has 2 N–H and O–H groups in total. The normalized spacial score (nSPS) is 18.8. The van der Waals surface area contributed by atoms with Crippen molar-refractivity contribution >= 4 is 39.1 Å². The van der Waals surface area contributed by atoms with Gasteiger partial charge in [-0.05, 0) is 37.6 Å². The first kappa shape index (κ1) is 20.7. The Morgan fingerprint density at radius 1 is 1.22 bits per heavy atom. The Labute approximate surface area is 190 Å².